The van der Waals surface area contributed by atoms with Gasteiger partial charge in [-0.05, 0) is 73.9 Å². The van der Waals surface area contributed by atoms with Gasteiger partial charge in [-0.25, -0.2) is 4.79 Å². The van der Waals surface area contributed by atoms with E-state index in [1.165, 1.54) is 0 Å². The van der Waals surface area contributed by atoms with Gasteiger partial charge in [0.15, 0.2) is 5.11 Å². The van der Waals surface area contributed by atoms with E-state index in [0.717, 1.165) is 21.8 Å². The van der Waals surface area contributed by atoms with Gasteiger partial charge in [0.2, 0.25) is 0 Å². The van der Waals surface area contributed by atoms with Crippen molar-refractivity contribution in [3.8, 4) is 5.75 Å². The molecule has 0 aliphatic carbocycles. The number of amides is 3. The Hall–Kier alpha value is -3.13. The molecule has 0 radical (unpaired) electrons. The molecule has 146 valence electrons. The second-order valence-electron chi connectivity index (χ2n) is 6.79. The third-order valence-corrected chi connectivity index (χ3v) is 5.03. The Labute approximate surface area is 169 Å². The van der Waals surface area contributed by atoms with Gasteiger partial charge >= 0.3 is 6.03 Å². The molecule has 2 aromatic rings. The molecule has 1 saturated heterocycles. The van der Waals surface area contributed by atoms with Crippen molar-refractivity contribution in [3.63, 3.8) is 0 Å². The van der Waals surface area contributed by atoms with Gasteiger partial charge in [0, 0.05) is 5.69 Å². The van der Waals surface area contributed by atoms with Crippen LogP contribution < -0.4 is 20.8 Å². The van der Waals surface area contributed by atoms with E-state index in [9.17, 15) is 9.59 Å². The van der Waals surface area contributed by atoms with Crippen LogP contribution in [0, 0.1) is 13.8 Å². The zero-order chi connectivity index (χ0) is 20.5. The van der Waals surface area contributed by atoms with Crippen molar-refractivity contribution in [2.75, 3.05) is 12.4 Å². The third kappa shape index (κ3) is 3.63. The summed E-state index contributed by atoms with van der Waals surface area (Å²) in [5.74, 6) is 0.213. The SMILES string of the molecule is COc1ccc([C@@]2(C)NC(=O)N(NC(=S)Nc3ccc(C)c(C)c3)C2=O)cc1. The number of hydrazine groups is 1. The molecule has 1 aliphatic rings. The monoisotopic (exact) mass is 398 g/mol. The maximum absolute atomic E-state index is 12.9. The van der Waals surface area contributed by atoms with Crippen molar-refractivity contribution in [1.29, 1.82) is 0 Å². The zero-order valence-corrected chi connectivity index (χ0v) is 16.9. The molecule has 0 unspecified atom stereocenters. The van der Waals surface area contributed by atoms with Crippen LogP contribution in [-0.2, 0) is 10.3 Å². The lowest BCUT2D eigenvalue weighted by Gasteiger charge is -2.23. The summed E-state index contributed by atoms with van der Waals surface area (Å²) in [6, 6.07) is 12.2. The van der Waals surface area contributed by atoms with E-state index in [2.05, 4.69) is 16.1 Å². The molecule has 1 heterocycles. The summed E-state index contributed by atoms with van der Waals surface area (Å²) >= 11 is 5.27. The molecule has 1 aliphatic heterocycles. The first-order valence-corrected chi connectivity index (χ1v) is 9.11. The highest BCUT2D eigenvalue weighted by Gasteiger charge is 2.49. The summed E-state index contributed by atoms with van der Waals surface area (Å²) < 4.78 is 5.14. The minimum absolute atomic E-state index is 0.144. The van der Waals surface area contributed by atoms with Gasteiger partial charge in [-0.1, -0.05) is 18.2 Å². The molecular weight excluding hydrogens is 376 g/mol. The number of urea groups is 1. The van der Waals surface area contributed by atoms with Crippen molar-refractivity contribution < 1.29 is 14.3 Å². The van der Waals surface area contributed by atoms with Gasteiger partial charge in [-0.2, -0.15) is 5.01 Å². The third-order valence-electron chi connectivity index (χ3n) is 4.84. The molecule has 3 amide bonds. The summed E-state index contributed by atoms with van der Waals surface area (Å²) in [4.78, 5) is 25.3. The molecule has 7 nitrogen and oxygen atoms in total. The summed E-state index contributed by atoms with van der Waals surface area (Å²) in [5, 5.41) is 6.74. The number of hydrogen-bond donors (Lipinski definition) is 3. The van der Waals surface area contributed by atoms with E-state index in [0.29, 0.717) is 11.3 Å². The highest BCUT2D eigenvalue weighted by Crippen LogP contribution is 2.29. The topological polar surface area (TPSA) is 82.7 Å². The Morgan fingerprint density at radius 3 is 2.39 bits per heavy atom. The lowest BCUT2D eigenvalue weighted by atomic mass is 9.92. The fourth-order valence-electron chi connectivity index (χ4n) is 2.94. The predicted octanol–water partition coefficient (Wildman–Crippen LogP) is 2.98. The van der Waals surface area contributed by atoms with Crippen LogP contribution in [-0.4, -0.2) is 29.2 Å². The number of methoxy groups -OCH3 is 1. The number of hydrogen-bond acceptors (Lipinski definition) is 4. The Kier molecular flexibility index (Phi) is 5.24. The van der Waals surface area contributed by atoms with E-state index in [1.54, 1.807) is 38.3 Å². The Bertz CT molecular complexity index is 945. The number of nitrogens with zero attached hydrogens (tertiary/aromatic N) is 1. The van der Waals surface area contributed by atoms with Crippen LogP contribution in [0.1, 0.15) is 23.6 Å². The molecule has 0 aromatic heterocycles. The number of rotatable bonds is 4. The van der Waals surface area contributed by atoms with Crippen LogP contribution in [0.15, 0.2) is 42.5 Å². The predicted molar refractivity (Wildman–Crippen MR) is 111 cm³/mol. The molecule has 0 bridgehead atoms. The van der Waals surface area contributed by atoms with Crippen molar-refractivity contribution in [2.45, 2.75) is 26.3 Å². The van der Waals surface area contributed by atoms with Crippen molar-refractivity contribution in [3.05, 3.63) is 59.2 Å². The molecule has 3 rings (SSSR count). The normalized spacial score (nSPS) is 18.6. The average Bonchev–Trinajstić information content (AvgIpc) is 2.89. The molecule has 1 fully saturated rings. The molecule has 1 atom stereocenters. The van der Waals surface area contributed by atoms with E-state index in [4.69, 9.17) is 17.0 Å². The maximum Gasteiger partial charge on any atom is 0.344 e. The molecule has 0 saturated carbocycles. The minimum Gasteiger partial charge on any atom is -0.497 e. The van der Waals surface area contributed by atoms with Crippen LogP contribution in [0.25, 0.3) is 0 Å². The summed E-state index contributed by atoms with van der Waals surface area (Å²) in [5.41, 5.74) is 5.15. The van der Waals surface area contributed by atoms with E-state index in [-0.39, 0.29) is 5.11 Å². The zero-order valence-electron chi connectivity index (χ0n) is 16.1. The molecule has 0 spiro atoms. The molecule has 3 N–H and O–H groups in total. The highest BCUT2D eigenvalue weighted by molar-refractivity contribution is 7.80. The first-order valence-electron chi connectivity index (χ1n) is 8.70. The quantitative estimate of drug-likeness (QED) is 0.543. The standard InChI is InChI=1S/C20H22N4O3S/c1-12-5-8-15(11-13(12)2)21-18(28)23-24-17(25)20(3,22-19(24)26)14-6-9-16(27-4)10-7-14/h5-11H,1-4H3,(H,22,26)(H2,21,23,28)/t20-/m1/s1. The Morgan fingerprint density at radius 1 is 1.11 bits per heavy atom. The number of aryl methyl sites for hydroxylation is 2. The van der Waals surface area contributed by atoms with Crippen LogP contribution >= 0.6 is 12.2 Å². The lowest BCUT2D eigenvalue weighted by molar-refractivity contribution is -0.132. The number of anilines is 1. The molecule has 8 heteroatoms. The van der Waals surface area contributed by atoms with Gasteiger partial charge in [0.05, 0.1) is 7.11 Å². The second-order valence-corrected chi connectivity index (χ2v) is 7.20. The number of thiocarbonyl (C=S) groups is 1. The van der Waals surface area contributed by atoms with Gasteiger partial charge < -0.3 is 15.4 Å². The number of carbonyl (C=O) groups is 2. The van der Waals surface area contributed by atoms with Gasteiger partial charge in [-0.15, -0.1) is 0 Å². The van der Waals surface area contributed by atoms with Gasteiger partial charge in [0.1, 0.15) is 11.3 Å². The number of carbonyl (C=O) groups excluding carboxylic acids is 2. The van der Waals surface area contributed by atoms with Crippen molar-refractivity contribution >= 4 is 35.0 Å². The van der Waals surface area contributed by atoms with Crippen molar-refractivity contribution in [1.82, 2.24) is 15.8 Å². The minimum atomic E-state index is -1.20. The first kappa shape index (κ1) is 19.6. The Morgan fingerprint density at radius 2 is 1.79 bits per heavy atom. The van der Waals surface area contributed by atoms with Crippen LogP contribution in [0.2, 0.25) is 0 Å². The van der Waals surface area contributed by atoms with Crippen molar-refractivity contribution in [2.24, 2.45) is 0 Å². The smallest absolute Gasteiger partial charge is 0.344 e. The van der Waals surface area contributed by atoms with E-state index < -0.39 is 17.5 Å². The summed E-state index contributed by atoms with van der Waals surface area (Å²) in [7, 11) is 1.56. The van der Waals surface area contributed by atoms with E-state index >= 15 is 0 Å². The molecule has 28 heavy (non-hydrogen) atoms. The molecular formula is C20H22N4O3S. The van der Waals surface area contributed by atoms with Gasteiger partial charge in [0.25, 0.3) is 5.91 Å². The summed E-state index contributed by atoms with van der Waals surface area (Å²) in [6.07, 6.45) is 0. The Balaban J connectivity index is 1.73. The average molecular weight is 398 g/mol. The van der Waals surface area contributed by atoms with Crippen LogP contribution in [0.3, 0.4) is 0 Å². The number of benzene rings is 2. The fourth-order valence-corrected chi connectivity index (χ4v) is 3.15. The number of imide groups is 1. The van der Waals surface area contributed by atoms with Crippen LogP contribution in [0.4, 0.5) is 10.5 Å². The fraction of sp³-hybridized carbons (Fsp3) is 0.250. The maximum atomic E-state index is 12.9. The van der Waals surface area contributed by atoms with Gasteiger partial charge in [-0.3, -0.25) is 10.2 Å². The van der Waals surface area contributed by atoms with Crippen LogP contribution in [0.5, 0.6) is 5.75 Å². The largest absolute Gasteiger partial charge is 0.497 e. The lowest BCUT2D eigenvalue weighted by Crippen LogP contribution is -2.49. The second kappa shape index (κ2) is 7.47. The highest BCUT2D eigenvalue weighted by atomic mass is 32.1. The van der Waals surface area contributed by atoms with E-state index in [1.807, 2.05) is 32.0 Å². The first-order chi connectivity index (χ1) is 13.2. The number of nitrogens with one attached hydrogen (secondary N) is 3. The molecule has 2 aromatic carbocycles. The summed E-state index contributed by atoms with van der Waals surface area (Å²) in [6.45, 7) is 5.66. The number of ether oxygens (including phenoxy) is 1.